The Labute approximate surface area is 128 Å². The molecule has 0 aliphatic carbocycles. The Morgan fingerprint density at radius 3 is 2.10 bits per heavy atom. The van der Waals surface area contributed by atoms with Gasteiger partial charge in [-0.05, 0) is 66.3 Å². The molecule has 21 heavy (non-hydrogen) atoms. The molecule has 0 saturated carbocycles. The molecule has 1 N–H and O–H groups in total. The van der Waals surface area contributed by atoms with Gasteiger partial charge in [0.2, 0.25) is 0 Å². The fourth-order valence-electron chi connectivity index (χ4n) is 1.95. The van der Waals surface area contributed by atoms with E-state index < -0.39 is 11.7 Å². The van der Waals surface area contributed by atoms with Crippen LogP contribution in [0.25, 0.3) is 0 Å². The monoisotopic (exact) mass is 292 g/mol. The smallest absolute Gasteiger partial charge is 0.412 e. The molecule has 1 atom stereocenters. The standard InChI is InChI=1S/C17H28N2O2/c1-12(2)19(7)13(3)14-8-10-15(11-9-14)18-16(20)21-17(4,5)6/h8-13H,1-7H3,(H,18,20). The lowest BCUT2D eigenvalue weighted by molar-refractivity contribution is 0.0636. The van der Waals surface area contributed by atoms with Gasteiger partial charge in [0, 0.05) is 17.8 Å². The van der Waals surface area contributed by atoms with Crippen molar-refractivity contribution in [2.24, 2.45) is 0 Å². The van der Waals surface area contributed by atoms with Gasteiger partial charge in [-0.15, -0.1) is 0 Å². The Kier molecular flexibility index (Phi) is 5.78. The lowest BCUT2D eigenvalue weighted by Gasteiger charge is -2.28. The molecule has 1 aromatic carbocycles. The maximum absolute atomic E-state index is 11.7. The normalized spacial score (nSPS) is 13.4. The van der Waals surface area contributed by atoms with Crippen LogP contribution in [0.2, 0.25) is 0 Å². The number of carbonyl (C=O) groups excluding carboxylic acids is 1. The minimum absolute atomic E-state index is 0.334. The average molecular weight is 292 g/mol. The van der Waals surface area contributed by atoms with Crippen molar-refractivity contribution in [3.05, 3.63) is 29.8 Å². The molecule has 0 saturated heterocycles. The number of amides is 1. The van der Waals surface area contributed by atoms with Crippen LogP contribution in [-0.4, -0.2) is 29.7 Å². The minimum atomic E-state index is -0.488. The minimum Gasteiger partial charge on any atom is -0.444 e. The number of nitrogens with zero attached hydrogens (tertiary/aromatic N) is 1. The molecule has 0 heterocycles. The van der Waals surface area contributed by atoms with Crippen LogP contribution < -0.4 is 5.32 Å². The summed E-state index contributed by atoms with van der Waals surface area (Å²) in [4.78, 5) is 14.0. The molecular formula is C17H28N2O2. The highest BCUT2D eigenvalue weighted by atomic mass is 16.6. The van der Waals surface area contributed by atoms with Gasteiger partial charge in [-0.25, -0.2) is 4.79 Å². The zero-order chi connectivity index (χ0) is 16.2. The summed E-state index contributed by atoms with van der Waals surface area (Å²) < 4.78 is 5.23. The summed E-state index contributed by atoms with van der Waals surface area (Å²) >= 11 is 0. The number of hydrogen-bond donors (Lipinski definition) is 1. The molecule has 0 aliphatic rings. The van der Waals surface area contributed by atoms with Gasteiger partial charge >= 0.3 is 6.09 Å². The Hall–Kier alpha value is -1.55. The number of nitrogens with one attached hydrogen (secondary N) is 1. The summed E-state index contributed by atoms with van der Waals surface area (Å²) in [7, 11) is 2.11. The van der Waals surface area contributed by atoms with E-state index in [1.807, 2.05) is 45.0 Å². The number of ether oxygens (including phenoxy) is 1. The fourth-order valence-corrected chi connectivity index (χ4v) is 1.95. The third kappa shape index (κ3) is 5.76. The summed E-state index contributed by atoms with van der Waals surface area (Å²) in [6.07, 6.45) is -0.428. The maximum Gasteiger partial charge on any atom is 0.412 e. The van der Waals surface area contributed by atoms with Crippen molar-refractivity contribution in [2.75, 3.05) is 12.4 Å². The third-order valence-electron chi connectivity index (χ3n) is 3.46. The number of rotatable bonds is 4. The summed E-state index contributed by atoms with van der Waals surface area (Å²) in [5.74, 6) is 0. The van der Waals surface area contributed by atoms with E-state index in [-0.39, 0.29) is 0 Å². The van der Waals surface area contributed by atoms with Crippen LogP contribution in [0.1, 0.15) is 53.1 Å². The molecule has 0 radical (unpaired) electrons. The molecule has 118 valence electrons. The first-order chi connectivity index (χ1) is 9.60. The molecule has 4 nitrogen and oxygen atoms in total. The lowest BCUT2D eigenvalue weighted by Crippen LogP contribution is -2.29. The van der Waals surface area contributed by atoms with E-state index in [0.717, 1.165) is 5.69 Å². The fraction of sp³-hybridized carbons (Fsp3) is 0.588. The van der Waals surface area contributed by atoms with Crippen molar-refractivity contribution in [1.29, 1.82) is 0 Å². The van der Waals surface area contributed by atoms with Crippen molar-refractivity contribution in [1.82, 2.24) is 4.90 Å². The first kappa shape index (κ1) is 17.5. The van der Waals surface area contributed by atoms with E-state index in [2.05, 4.69) is 38.0 Å². The van der Waals surface area contributed by atoms with Crippen LogP contribution in [0.15, 0.2) is 24.3 Å². The average Bonchev–Trinajstić information content (AvgIpc) is 2.35. The van der Waals surface area contributed by atoms with Crippen LogP contribution in [0.4, 0.5) is 10.5 Å². The highest BCUT2D eigenvalue weighted by Gasteiger charge is 2.17. The van der Waals surface area contributed by atoms with E-state index in [9.17, 15) is 4.79 Å². The third-order valence-corrected chi connectivity index (χ3v) is 3.46. The molecule has 1 unspecified atom stereocenters. The van der Waals surface area contributed by atoms with Crippen molar-refractivity contribution in [2.45, 2.75) is 59.2 Å². The molecule has 0 bridgehead atoms. The molecule has 0 aliphatic heterocycles. The van der Waals surface area contributed by atoms with Crippen LogP contribution in [-0.2, 0) is 4.74 Å². The number of hydrogen-bond acceptors (Lipinski definition) is 3. The Morgan fingerprint density at radius 2 is 1.67 bits per heavy atom. The van der Waals surface area contributed by atoms with Gasteiger partial charge in [-0.3, -0.25) is 10.2 Å². The second-order valence-electron chi connectivity index (χ2n) is 6.68. The molecular weight excluding hydrogens is 264 g/mol. The molecule has 1 amide bonds. The lowest BCUT2D eigenvalue weighted by atomic mass is 10.1. The van der Waals surface area contributed by atoms with Crippen molar-refractivity contribution in [3.8, 4) is 0 Å². The van der Waals surface area contributed by atoms with Crippen LogP contribution in [0.3, 0.4) is 0 Å². The topological polar surface area (TPSA) is 41.6 Å². The summed E-state index contributed by atoms with van der Waals surface area (Å²) in [5.41, 5.74) is 1.48. The van der Waals surface area contributed by atoms with Crippen LogP contribution >= 0.6 is 0 Å². The SMILES string of the molecule is CC(C)N(C)C(C)c1ccc(NC(=O)OC(C)(C)C)cc1. The van der Waals surface area contributed by atoms with Gasteiger partial charge in [-0.1, -0.05) is 12.1 Å². The van der Waals surface area contributed by atoms with Crippen molar-refractivity contribution >= 4 is 11.8 Å². The number of anilines is 1. The predicted octanol–water partition coefficient (Wildman–Crippen LogP) is 4.43. The number of carbonyl (C=O) groups is 1. The number of benzene rings is 1. The first-order valence-electron chi connectivity index (χ1n) is 7.42. The molecule has 1 aromatic rings. The highest BCUT2D eigenvalue weighted by Crippen LogP contribution is 2.22. The zero-order valence-electron chi connectivity index (χ0n) is 14.2. The zero-order valence-corrected chi connectivity index (χ0v) is 14.2. The van der Waals surface area contributed by atoms with E-state index in [0.29, 0.717) is 12.1 Å². The molecule has 4 heteroatoms. The van der Waals surface area contributed by atoms with Gasteiger partial charge < -0.3 is 4.74 Å². The van der Waals surface area contributed by atoms with Crippen molar-refractivity contribution in [3.63, 3.8) is 0 Å². The van der Waals surface area contributed by atoms with Gasteiger partial charge in [0.15, 0.2) is 0 Å². The van der Waals surface area contributed by atoms with Gasteiger partial charge in [0.25, 0.3) is 0 Å². The van der Waals surface area contributed by atoms with Gasteiger partial charge in [0.1, 0.15) is 5.60 Å². The first-order valence-corrected chi connectivity index (χ1v) is 7.42. The predicted molar refractivity (Wildman–Crippen MR) is 87.6 cm³/mol. The Morgan fingerprint density at radius 1 is 1.14 bits per heavy atom. The highest BCUT2D eigenvalue weighted by molar-refractivity contribution is 5.84. The van der Waals surface area contributed by atoms with Crippen LogP contribution in [0.5, 0.6) is 0 Å². The van der Waals surface area contributed by atoms with E-state index in [1.54, 1.807) is 0 Å². The maximum atomic E-state index is 11.7. The second kappa shape index (κ2) is 6.94. The second-order valence-corrected chi connectivity index (χ2v) is 6.68. The van der Waals surface area contributed by atoms with E-state index in [4.69, 9.17) is 4.74 Å². The summed E-state index contributed by atoms with van der Waals surface area (Å²) in [6.45, 7) is 12.1. The quantitative estimate of drug-likeness (QED) is 0.892. The van der Waals surface area contributed by atoms with Crippen LogP contribution in [0, 0.1) is 0 Å². The summed E-state index contributed by atoms with van der Waals surface area (Å²) in [6, 6.07) is 8.71. The molecule has 0 spiro atoms. The van der Waals surface area contributed by atoms with E-state index in [1.165, 1.54) is 5.56 Å². The molecule has 0 aromatic heterocycles. The molecule has 0 fully saturated rings. The van der Waals surface area contributed by atoms with Gasteiger partial charge in [0.05, 0.1) is 0 Å². The van der Waals surface area contributed by atoms with Crippen molar-refractivity contribution < 1.29 is 9.53 Å². The largest absolute Gasteiger partial charge is 0.444 e. The molecule has 1 rings (SSSR count). The Balaban J connectivity index is 2.68. The van der Waals surface area contributed by atoms with Gasteiger partial charge in [-0.2, -0.15) is 0 Å². The summed E-state index contributed by atoms with van der Waals surface area (Å²) in [5, 5.41) is 2.74. The van der Waals surface area contributed by atoms with E-state index >= 15 is 0 Å². The Bertz CT molecular complexity index is 461.